The maximum atomic E-state index is 11.4. The second kappa shape index (κ2) is 4.80. The van der Waals surface area contributed by atoms with Crippen LogP contribution in [-0.2, 0) is 17.6 Å². The molecule has 0 saturated carbocycles. The Labute approximate surface area is 85.5 Å². The summed E-state index contributed by atoms with van der Waals surface area (Å²) in [6, 6.07) is 8.22. The highest BCUT2D eigenvalue weighted by Gasteiger charge is 2.04. The van der Waals surface area contributed by atoms with Crippen molar-refractivity contribution >= 4 is 5.91 Å². The minimum absolute atomic E-state index is 0.147. The van der Waals surface area contributed by atoms with E-state index in [4.69, 9.17) is 0 Å². The third-order valence-corrected chi connectivity index (χ3v) is 2.29. The van der Waals surface area contributed by atoms with Crippen LogP contribution >= 0.6 is 0 Å². The normalized spacial score (nSPS) is 9.93. The summed E-state index contributed by atoms with van der Waals surface area (Å²) < 4.78 is 0. The number of carbonyl (C=O) groups excluding carboxylic acids is 1. The van der Waals surface area contributed by atoms with Crippen molar-refractivity contribution in [1.29, 1.82) is 0 Å². The van der Waals surface area contributed by atoms with Crippen LogP contribution in [0, 0.1) is 0 Å². The third-order valence-electron chi connectivity index (χ3n) is 2.29. The van der Waals surface area contributed by atoms with Crippen molar-refractivity contribution in [2.45, 2.75) is 19.8 Å². The van der Waals surface area contributed by atoms with Crippen LogP contribution in [0.3, 0.4) is 0 Å². The molecule has 0 fully saturated rings. The molecule has 0 unspecified atom stereocenters. The summed E-state index contributed by atoms with van der Waals surface area (Å²) in [7, 11) is 3.56. The van der Waals surface area contributed by atoms with Crippen LogP contribution in [0.2, 0.25) is 0 Å². The molecule has 14 heavy (non-hydrogen) atoms. The highest BCUT2D eigenvalue weighted by atomic mass is 16.2. The lowest BCUT2D eigenvalue weighted by Crippen LogP contribution is -2.23. The predicted octanol–water partition coefficient (Wildman–Crippen LogP) is 1.88. The first-order valence-corrected chi connectivity index (χ1v) is 4.91. The fourth-order valence-electron chi connectivity index (χ4n) is 1.23. The predicted molar refractivity (Wildman–Crippen MR) is 58.2 cm³/mol. The summed E-state index contributed by atoms with van der Waals surface area (Å²) in [5.74, 6) is 0.147. The van der Waals surface area contributed by atoms with Crippen LogP contribution in [-0.4, -0.2) is 24.9 Å². The summed E-state index contributed by atoms with van der Waals surface area (Å²) in [4.78, 5) is 13.0. The Morgan fingerprint density at radius 2 is 1.64 bits per heavy atom. The van der Waals surface area contributed by atoms with Crippen molar-refractivity contribution in [3.63, 3.8) is 0 Å². The van der Waals surface area contributed by atoms with Gasteiger partial charge in [0.25, 0.3) is 0 Å². The van der Waals surface area contributed by atoms with Crippen molar-refractivity contribution < 1.29 is 4.79 Å². The molecular weight excluding hydrogens is 174 g/mol. The smallest absolute Gasteiger partial charge is 0.226 e. The van der Waals surface area contributed by atoms with Crippen molar-refractivity contribution in [3.8, 4) is 0 Å². The van der Waals surface area contributed by atoms with E-state index in [9.17, 15) is 4.79 Å². The topological polar surface area (TPSA) is 20.3 Å². The molecule has 2 heteroatoms. The van der Waals surface area contributed by atoms with E-state index in [0.29, 0.717) is 6.42 Å². The molecule has 0 atom stereocenters. The van der Waals surface area contributed by atoms with Gasteiger partial charge in [0.1, 0.15) is 0 Å². The van der Waals surface area contributed by atoms with Gasteiger partial charge in [-0.15, -0.1) is 0 Å². The zero-order valence-electron chi connectivity index (χ0n) is 9.08. The summed E-state index contributed by atoms with van der Waals surface area (Å²) >= 11 is 0. The molecule has 0 radical (unpaired) electrons. The lowest BCUT2D eigenvalue weighted by Gasteiger charge is -2.10. The van der Waals surface area contributed by atoms with Gasteiger partial charge in [0.2, 0.25) is 5.91 Å². The molecule has 1 aromatic rings. The van der Waals surface area contributed by atoms with Crippen LogP contribution in [0.1, 0.15) is 18.1 Å². The van der Waals surface area contributed by atoms with Gasteiger partial charge in [-0.3, -0.25) is 4.79 Å². The first-order chi connectivity index (χ1) is 6.63. The molecule has 0 N–H and O–H groups in total. The first kappa shape index (κ1) is 10.8. The number of nitrogens with zero attached hydrogens (tertiary/aromatic N) is 1. The Hall–Kier alpha value is -1.31. The summed E-state index contributed by atoms with van der Waals surface area (Å²) in [6.07, 6.45) is 1.54. The van der Waals surface area contributed by atoms with Gasteiger partial charge < -0.3 is 4.90 Å². The second-order valence-electron chi connectivity index (χ2n) is 3.63. The van der Waals surface area contributed by atoms with E-state index in [1.165, 1.54) is 5.56 Å². The largest absolute Gasteiger partial charge is 0.349 e. The Morgan fingerprint density at radius 3 is 2.07 bits per heavy atom. The zero-order chi connectivity index (χ0) is 10.6. The van der Waals surface area contributed by atoms with Crippen molar-refractivity contribution in [2.24, 2.45) is 0 Å². The Morgan fingerprint density at radius 1 is 1.14 bits per heavy atom. The van der Waals surface area contributed by atoms with Gasteiger partial charge in [-0.1, -0.05) is 31.2 Å². The van der Waals surface area contributed by atoms with Crippen molar-refractivity contribution in [1.82, 2.24) is 4.90 Å². The fourth-order valence-corrected chi connectivity index (χ4v) is 1.23. The Kier molecular flexibility index (Phi) is 3.69. The average molecular weight is 191 g/mol. The molecule has 0 spiro atoms. The molecule has 1 rings (SSSR count). The van der Waals surface area contributed by atoms with E-state index in [2.05, 4.69) is 19.1 Å². The number of hydrogen-bond acceptors (Lipinski definition) is 1. The molecule has 0 aromatic heterocycles. The second-order valence-corrected chi connectivity index (χ2v) is 3.63. The number of carbonyl (C=O) groups is 1. The Balaban J connectivity index is 2.64. The molecular formula is C12H17NO. The Bertz CT molecular complexity index is 301. The first-order valence-electron chi connectivity index (χ1n) is 4.91. The van der Waals surface area contributed by atoms with E-state index < -0.39 is 0 Å². The molecule has 0 aliphatic carbocycles. The number of likely N-dealkylation sites (N-methyl/N-ethyl adjacent to an activating group) is 1. The fraction of sp³-hybridized carbons (Fsp3) is 0.417. The minimum Gasteiger partial charge on any atom is -0.349 e. The molecule has 1 aromatic carbocycles. The molecule has 2 nitrogen and oxygen atoms in total. The number of aryl methyl sites for hydroxylation is 1. The molecule has 0 bridgehead atoms. The van der Waals surface area contributed by atoms with Crippen LogP contribution < -0.4 is 0 Å². The maximum absolute atomic E-state index is 11.4. The van der Waals surface area contributed by atoms with Crippen LogP contribution in [0.5, 0.6) is 0 Å². The van der Waals surface area contributed by atoms with Crippen LogP contribution in [0.15, 0.2) is 24.3 Å². The van der Waals surface area contributed by atoms with Crippen LogP contribution in [0.4, 0.5) is 0 Å². The van der Waals surface area contributed by atoms with Gasteiger partial charge in [-0.05, 0) is 17.5 Å². The van der Waals surface area contributed by atoms with E-state index in [0.717, 1.165) is 12.0 Å². The van der Waals surface area contributed by atoms with E-state index >= 15 is 0 Å². The molecule has 0 heterocycles. The molecule has 76 valence electrons. The molecule has 0 aliphatic heterocycles. The summed E-state index contributed by atoms with van der Waals surface area (Å²) in [5.41, 5.74) is 2.40. The van der Waals surface area contributed by atoms with Gasteiger partial charge in [0.05, 0.1) is 6.42 Å². The van der Waals surface area contributed by atoms with Crippen molar-refractivity contribution in [3.05, 3.63) is 35.4 Å². The standard InChI is InChI=1S/C12H17NO/c1-4-10-5-7-11(8-6-10)9-12(14)13(2)3/h5-8H,4,9H2,1-3H3. The third kappa shape index (κ3) is 2.87. The molecule has 0 aliphatic rings. The van der Waals surface area contributed by atoms with Gasteiger partial charge in [0.15, 0.2) is 0 Å². The number of benzene rings is 1. The minimum atomic E-state index is 0.147. The average Bonchev–Trinajstić information content (AvgIpc) is 2.19. The monoisotopic (exact) mass is 191 g/mol. The zero-order valence-corrected chi connectivity index (χ0v) is 9.08. The molecule has 0 saturated heterocycles. The van der Waals surface area contributed by atoms with E-state index in [1.54, 1.807) is 19.0 Å². The summed E-state index contributed by atoms with van der Waals surface area (Å²) in [6.45, 7) is 2.12. The van der Waals surface area contributed by atoms with Gasteiger partial charge >= 0.3 is 0 Å². The number of amides is 1. The number of hydrogen-bond donors (Lipinski definition) is 0. The molecule has 1 amide bonds. The highest BCUT2D eigenvalue weighted by molar-refractivity contribution is 5.78. The summed E-state index contributed by atoms with van der Waals surface area (Å²) in [5, 5.41) is 0. The quantitative estimate of drug-likeness (QED) is 0.714. The van der Waals surface area contributed by atoms with Gasteiger partial charge in [-0.25, -0.2) is 0 Å². The number of rotatable bonds is 3. The van der Waals surface area contributed by atoms with Gasteiger partial charge in [0, 0.05) is 14.1 Å². The maximum Gasteiger partial charge on any atom is 0.226 e. The SMILES string of the molecule is CCc1ccc(CC(=O)N(C)C)cc1. The lowest BCUT2D eigenvalue weighted by atomic mass is 10.1. The lowest BCUT2D eigenvalue weighted by molar-refractivity contribution is -0.127. The van der Waals surface area contributed by atoms with Gasteiger partial charge in [-0.2, -0.15) is 0 Å². The van der Waals surface area contributed by atoms with Crippen molar-refractivity contribution in [2.75, 3.05) is 14.1 Å². The van der Waals surface area contributed by atoms with E-state index in [1.807, 2.05) is 12.1 Å². The van der Waals surface area contributed by atoms with Crippen LogP contribution in [0.25, 0.3) is 0 Å². The highest BCUT2D eigenvalue weighted by Crippen LogP contribution is 2.06. The van der Waals surface area contributed by atoms with E-state index in [-0.39, 0.29) is 5.91 Å².